The van der Waals surface area contributed by atoms with Crippen LogP contribution in [-0.4, -0.2) is 17.2 Å². The van der Waals surface area contributed by atoms with E-state index in [1.807, 2.05) is 19.1 Å². The van der Waals surface area contributed by atoms with Gasteiger partial charge in [-0.2, -0.15) is 0 Å². The van der Waals surface area contributed by atoms with Crippen LogP contribution in [0.25, 0.3) is 0 Å². The minimum absolute atomic E-state index is 0.0676. The summed E-state index contributed by atoms with van der Waals surface area (Å²) in [6.07, 6.45) is 0.623. The highest BCUT2D eigenvalue weighted by atomic mass is 32.1. The van der Waals surface area contributed by atoms with E-state index >= 15 is 0 Å². The van der Waals surface area contributed by atoms with Gasteiger partial charge in [-0.3, -0.25) is 0 Å². The predicted octanol–water partition coefficient (Wildman–Crippen LogP) is 1.87. The summed E-state index contributed by atoms with van der Waals surface area (Å²) >= 11 is 4.89. The van der Waals surface area contributed by atoms with Crippen molar-refractivity contribution in [2.24, 2.45) is 11.7 Å². The van der Waals surface area contributed by atoms with E-state index < -0.39 is 0 Å². The van der Waals surface area contributed by atoms with Crippen molar-refractivity contribution < 1.29 is 9.84 Å². The van der Waals surface area contributed by atoms with Crippen LogP contribution >= 0.6 is 12.2 Å². The number of para-hydroxylation sites is 1. The van der Waals surface area contributed by atoms with Crippen LogP contribution < -0.4 is 10.5 Å². The molecule has 0 fully saturated rings. The van der Waals surface area contributed by atoms with Crippen molar-refractivity contribution in [3.63, 3.8) is 0 Å². The maximum Gasteiger partial charge on any atom is 0.160 e. The first-order chi connectivity index (χ1) is 7.06. The molecule has 0 saturated heterocycles. The van der Waals surface area contributed by atoms with Crippen molar-refractivity contribution in [1.29, 1.82) is 0 Å². The average molecular weight is 225 g/mol. The SMILES string of the molecule is COc1cccc(CC(C)C(N)=S)c1O. The fourth-order valence-electron chi connectivity index (χ4n) is 1.33. The van der Waals surface area contributed by atoms with Gasteiger partial charge in [-0.15, -0.1) is 0 Å². The Morgan fingerprint density at radius 1 is 1.60 bits per heavy atom. The normalized spacial score (nSPS) is 12.1. The molecule has 1 aromatic rings. The van der Waals surface area contributed by atoms with Crippen molar-refractivity contribution in [1.82, 2.24) is 0 Å². The molecular formula is C11H15NO2S. The Hall–Kier alpha value is -1.29. The molecule has 1 rings (SSSR count). The Morgan fingerprint density at radius 2 is 2.27 bits per heavy atom. The van der Waals surface area contributed by atoms with Gasteiger partial charge in [0.2, 0.25) is 0 Å². The predicted molar refractivity (Wildman–Crippen MR) is 64.3 cm³/mol. The zero-order valence-corrected chi connectivity index (χ0v) is 9.67. The molecule has 1 atom stereocenters. The Bertz CT molecular complexity index is 366. The highest BCUT2D eigenvalue weighted by Crippen LogP contribution is 2.30. The minimum atomic E-state index is 0.0676. The Kier molecular flexibility index (Phi) is 3.91. The van der Waals surface area contributed by atoms with Gasteiger partial charge in [-0.25, -0.2) is 0 Å². The van der Waals surface area contributed by atoms with Crippen LogP contribution in [0.4, 0.5) is 0 Å². The van der Waals surface area contributed by atoms with Crippen LogP contribution in [0.15, 0.2) is 18.2 Å². The minimum Gasteiger partial charge on any atom is -0.504 e. The van der Waals surface area contributed by atoms with Crippen LogP contribution in [0.2, 0.25) is 0 Å². The van der Waals surface area contributed by atoms with Gasteiger partial charge in [0.15, 0.2) is 11.5 Å². The molecule has 3 N–H and O–H groups in total. The van der Waals surface area contributed by atoms with Crippen LogP contribution in [-0.2, 0) is 6.42 Å². The van der Waals surface area contributed by atoms with Crippen molar-refractivity contribution in [2.45, 2.75) is 13.3 Å². The van der Waals surface area contributed by atoms with Crippen LogP contribution in [0.5, 0.6) is 11.5 Å². The van der Waals surface area contributed by atoms with Crippen molar-refractivity contribution in [2.75, 3.05) is 7.11 Å². The summed E-state index contributed by atoms with van der Waals surface area (Å²) in [5, 5.41) is 9.81. The summed E-state index contributed by atoms with van der Waals surface area (Å²) in [6.45, 7) is 1.93. The van der Waals surface area contributed by atoms with E-state index in [0.717, 1.165) is 5.56 Å². The van der Waals surface area contributed by atoms with Gasteiger partial charge in [-0.05, 0) is 18.1 Å². The maximum atomic E-state index is 9.81. The first kappa shape index (κ1) is 11.8. The monoisotopic (exact) mass is 225 g/mol. The van der Waals surface area contributed by atoms with Gasteiger partial charge in [0, 0.05) is 5.92 Å². The summed E-state index contributed by atoms with van der Waals surface area (Å²) in [6, 6.07) is 5.39. The lowest BCUT2D eigenvalue weighted by Gasteiger charge is -2.12. The molecule has 1 unspecified atom stereocenters. The number of thiocarbonyl (C=S) groups is 1. The van der Waals surface area contributed by atoms with Gasteiger partial charge in [0.25, 0.3) is 0 Å². The molecule has 0 aliphatic heterocycles. The van der Waals surface area contributed by atoms with Gasteiger partial charge in [-0.1, -0.05) is 31.3 Å². The molecule has 0 aliphatic carbocycles. The summed E-state index contributed by atoms with van der Waals surface area (Å²) in [4.78, 5) is 0.456. The summed E-state index contributed by atoms with van der Waals surface area (Å²) < 4.78 is 5.01. The highest BCUT2D eigenvalue weighted by Gasteiger charge is 2.12. The van der Waals surface area contributed by atoms with E-state index in [0.29, 0.717) is 17.2 Å². The second-order valence-electron chi connectivity index (χ2n) is 3.48. The number of hydrogen-bond acceptors (Lipinski definition) is 3. The third kappa shape index (κ3) is 2.83. The Morgan fingerprint density at radius 3 is 2.80 bits per heavy atom. The number of methoxy groups -OCH3 is 1. The van der Waals surface area contributed by atoms with Crippen molar-refractivity contribution in [3.8, 4) is 11.5 Å². The molecule has 0 bridgehead atoms. The number of benzene rings is 1. The Labute approximate surface area is 94.9 Å². The largest absolute Gasteiger partial charge is 0.504 e. The van der Waals surface area contributed by atoms with Crippen molar-refractivity contribution >= 4 is 17.2 Å². The number of aromatic hydroxyl groups is 1. The lowest BCUT2D eigenvalue weighted by molar-refractivity contribution is 0.370. The van der Waals surface area contributed by atoms with Crippen molar-refractivity contribution in [3.05, 3.63) is 23.8 Å². The molecular weight excluding hydrogens is 210 g/mol. The third-order valence-corrected chi connectivity index (χ3v) is 2.72. The molecule has 0 heterocycles. The third-order valence-electron chi connectivity index (χ3n) is 2.31. The average Bonchev–Trinajstić information content (AvgIpc) is 2.21. The summed E-state index contributed by atoms with van der Waals surface area (Å²) in [7, 11) is 1.52. The molecule has 0 spiro atoms. The number of nitrogens with two attached hydrogens (primary N) is 1. The second kappa shape index (κ2) is 4.98. The fourth-order valence-corrected chi connectivity index (χ4v) is 1.41. The van der Waals surface area contributed by atoms with Gasteiger partial charge < -0.3 is 15.6 Å². The molecule has 15 heavy (non-hydrogen) atoms. The Balaban J connectivity index is 2.90. The van der Waals surface area contributed by atoms with Crippen LogP contribution in [0.1, 0.15) is 12.5 Å². The zero-order valence-electron chi connectivity index (χ0n) is 8.86. The molecule has 82 valence electrons. The molecule has 0 amide bonds. The molecule has 1 aromatic carbocycles. The van der Waals surface area contributed by atoms with E-state index in [1.54, 1.807) is 6.07 Å². The first-order valence-electron chi connectivity index (χ1n) is 4.70. The zero-order chi connectivity index (χ0) is 11.4. The number of phenols is 1. The maximum absolute atomic E-state index is 9.81. The van der Waals surface area contributed by atoms with Gasteiger partial charge in [0.05, 0.1) is 12.1 Å². The van der Waals surface area contributed by atoms with E-state index in [4.69, 9.17) is 22.7 Å². The topological polar surface area (TPSA) is 55.5 Å². The van der Waals surface area contributed by atoms with Gasteiger partial charge in [0.1, 0.15) is 0 Å². The van der Waals surface area contributed by atoms with Crippen LogP contribution in [0, 0.1) is 5.92 Å². The number of hydrogen-bond donors (Lipinski definition) is 2. The van der Waals surface area contributed by atoms with E-state index in [9.17, 15) is 5.11 Å². The van der Waals surface area contributed by atoms with E-state index in [-0.39, 0.29) is 11.7 Å². The second-order valence-corrected chi connectivity index (χ2v) is 3.95. The lowest BCUT2D eigenvalue weighted by Crippen LogP contribution is -2.20. The summed E-state index contributed by atoms with van der Waals surface area (Å²) in [5.41, 5.74) is 6.32. The lowest BCUT2D eigenvalue weighted by atomic mass is 10.00. The molecule has 0 aromatic heterocycles. The fraction of sp³-hybridized carbons (Fsp3) is 0.364. The summed E-state index contributed by atoms with van der Waals surface area (Å²) in [5.74, 6) is 0.712. The smallest absolute Gasteiger partial charge is 0.160 e. The molecule has 0 aliphatic rings. The molecule has 0 saturated carbocycles. The van der Waals surface area contributed by atoms with Crippen LogP contribution in [0.3, 0.4) is 0 Å². The molecule has 4 heteroatoms. The standard InChI is InChI=1S/C11H15NO2S/c1-7(11(12)15)6-8-4-3-5-9(14-2)10(8)13/h3-5,7,13H,6H2,1-2H3,(H2,12,15). The van der Waals surface area contributed by atoms with E-state index in [1.165, 1.54) is 7.11 Å². The number of phenolic OH excluding ortho intramolecular Hbond substituents is 1. The molecule has 3 nitrogen and oxygen atoms in total. The molecule has 0 radical (unpaired) electrons. The first-order valence-corrected chi connectivity index (χ1v) is 5.11. The van der Waals surface area contributed by atoms with Gasteiger partial charge >= 0.3 is 0 Å². The number of rotatable bonds is 4. The van der Waals surface area contributed by atoms with E-state index in [2.05, 4.69) is 0 Å². The quantitative estimate of drug-likeness (QED) is 0.768. The highest BCUT2D eigenvalue weighted by molar-refractivity contribution is 7.80. The number of ether oxygens (including phenoxy) is 1.